The highest BCUT2D eigenvalue weighted by molar-refractivity contribution is 5.99. The second-order valence-corrected chi connectivity index (χ2v) is 8.89. The molecule has 186 valence electrons. The molecule has 0 unspecified atom stereocenters. The van der Waals surface area contributed by atoms with Gasteiger partial charge in [0.25, 0.3) is 11.5 Å². The second kappa shape index (κ2) is 9.87. The number of nitrogens with one attached hydrogen (secondary N) is 1. The fraction of sp³-hybridized carbons (Fsp3) is 0.296. The van der Waals surface area contributed by atoms with Crippen LogP contribution in [0.15, 0.2) is 59.5 Å². The van der Waals surface area contributed by atoms with Gasteiger partial charge in [0.2, 0.25) is 0 Å². The Morgan fingerprint density at radius 3 is 2.67 bits per heavy atom. The number of methoxy groups -OCH3 is 2. The maximum atomic E-state index is 13.4. The van der Waals surface area contributed by atoms with Crippen LogP contribution in [-0.2, 0) is 33.1 Å². The van der Waals surface area contributed by atoms with E-state index >= 15 is 0 Å². The summed E-state index contributed by atoms with van der Waals surface area (Å²) in [6, 6.07) is 15.7. The molecule has 1 amide bonds. The van der Waals surface area contributed by atoms with E-state index in [1.165, 1.54) is 16.3 Å². The summed E-state index contributed by atoms with van der Waals surface area (Å²) in [6.07, 6.45) is 2.18. The zero-order valence-corrected chi connectivity index (χ0v) is 20.7. The summed E-state index contributed by atoms with van der Waals surface area (Å²) in [7, 11) is 5.06. The number of carbonyl (C=O) groups excluding carboxylic acids is 1. The molecule has 2 aromatic heterocycles. The van der Waals surface area contributed by atoms with Crippen molar-refractivity contribution >= 4 is 11.6 Å². The second-order valence-electron chi connectivity index (χ2n) is 8.89. The molecule has 3 heterocycles. The summed E-state index contributed by atoms with van der Waals surface area (Å²) in [6.45, 7) is 2.42. The van der Waals surface area contributed by atoms with E-state index in [2.05, 4.69) is 27.4 Å². The molecule has 1 aliphatic heterocycles. The lowest BCUT2D eigenvalue weighted by atomic mass is 10.1. The van der Waals surface area contributed by atoms with Gasteiger partial charge in [-0.25, -0.2) is 0 Å². The Labute approximate surface area is 208 Å². The molecule has 0 radical (unpaired) electrons. The van der Waals surface area contributed by atoms with Gasteiger partial charge in [-0.05, 0) is 17.7 Å². The van der Waals surface area contributed by atoms with Crippen LogP contribution in [0.3, 0.4) is 0 Å². The minimum atomic E-state index is -0.306. The van der Waals surface area contributed by atoms with Crippen molar-refractivity contribution in [1.29, 1.82) is 0 Å². The van der Waals surface area contributed by atoms with Crippen LogP contribution in [0, 0.1) is 0 Å². The van der Waals surface area contributed by atoms with Crippen LogP contribution in [-0.4, -0.2) is 45.8 Å². The predicted molar refractivity (Wildman–Crippen MR) is 135 cm³/mol. The molecule has 0 spiro atoms. The maximum Gasteiger partial charge on any atom is 0.279 e. The number of hydrogen-bond donors (Lipinski definition) is 1. The van der Waals surface area contributed by atoms with Crippen molar-refractivity contribution in [3.8, 4) is 11.5 Å². The lowest BCUT2D eigenvalue weighted by Crippen LogP contribution is -2.38. The van der Waals surface area contributed by atoms with E-state index in [0.717, 1.165) is 36.3 Å². The van der Waals surface area contributed by atoms with E-state index in [-0.39, 0.29) is 18.0 Å². The van der Waals surface area contributed by atoms with Crippen LogP contribution in [0.5, 0.6) is 11.5 Å². The third-order valence-corrected chi connectivity index (χ3v) is 6.74. The van der Waals surface area contributed by atoms with E-state index < -0.39 is 0 Å². The SMILES string of the molecule is COc1ccc(CNC(=O)c2cnn3c(=O)c4c(n(C)c23)CCN(Cc2ccccc2)C4)c(OC)c1. The molecule has 2 aromatic carbocycles. The topological polar surface area (TPSA) is 90.1 Å². The number of hydrogen-bond acceptors (Lipinski definition) is 6. The first kappa shape index (κ1) is 23.6. The van der Waals surface area contributed by atoms with Crippen LogP contribution < -0.4 is 20.3 Å². The van der Waals surface area contributed by atoms with Crippen LogP contribution in [0.1, 0.15) is 32.7 Å². The molecule has 9 heteroatoms. The Bertz CT molecular complexity index is 1480. The number of nitrogens with zero attached hydrogens (tertiary/aromatic N) is 4. The number of rotatable bonds is 7. The molecule has 1 N–H and O–H groups in total. The standard InChI is InChI=1S/C27H29N5O4/c1-30-23-11-12-31(16-18-7-5-4-6-8-18)17-22(23)27(34)32-26(30)21(15-29-32)25(33)28-14-19-9-10-20(35-2)13-24(19)36-3/h4-10,13,15H,11-12,14,16-17H2,1-3H3,(H,28,33). The predicted octanol–water partition coefficient (Wildman–Crippen LogP) is 2.54. The van der Waals surface area contributed by atoms with E-state index in [1.54, 1.807) is 20.3 Å². The van der Waals surface area contributed by atoms with Gasteiger partial charge in [0.05, 0.1) is 26.0 Å². The van der Waals surface area contributed by atoms with E-state index in [9.17, 15) is 9.59 Å². The van der Waals surface area contributed by atoms with E-state index in [1.807, 2.05) is 41.9 Å². The maximum absolute atomic E-state index is 13.4. The average molecular weight is 488 g/mol. The number of amides is 1. The zero-order chi connectivity index (χ0) is 25.2. The fourth-order valence-corrected chi connectivity index (χ4v) is 4.84. The Morgan fingerprint density at radius 1 is 1.11 bits per heavy atom. The Hall–Kier alpha value is -4.11. The molecule has 0 saturated carbocycles. The van der Waals surface area contributed by atoms with E-state index in [0.29, 0.717) is 29.3 Å². The summed E-state index contributed by atoms with van der Waals surface area (Å²) >= 11 is 0. The highest BCUT2D eigenvalue weighted by Crippen LogP contribution is 2.25. The number of aromatic nitrogens is 3. The number of ether oxygens (including phenoxy) is 2. The Balaban J connectivity index is 1.40. The number of aryl methyl sites for hydroxylation is 1. The van der Waals surface area contributed by atoms with E-state index in [4.69, 9.17) is 9.47 Å². The summed E-state index contributed by atoms with van der Waals surface area (Å²) in [5, 5.41) is 7.22. The van der Waals surface area contributed by atoms with Crippen molar-refractivity contribution in [2.75, 3.05) is 20.8 Å². The smallest absolute Gasteiger partial charge is 0.279 e. The molecule has 0 aliphatic carbocycles. The molecule has 0 bridgehead atoms. The van der Waals surface area contributed by atoms with Gasteiger partial charge < -0.3 is 19.4 Å². The molecule has 0 atom stereocenters. The minimum Gasteiger partial charge on any atom is -0.497 e. The third-order valence-electron chi connectivity index (χ3n) is 6.74. The van der Waals surface area contributed by atoms with Crippen LogP contribution >= 0.6 is 0 Å². The first-order valence-electron chi connectivity index (χ1n) is 11.8. The van der Waals surface area contributed by atoms with Gasteiger partial charge in [-0.2, -0.15) is 9.61 Å². The lowest BCUT2D eigenvalue weighted by Gasteiger charge is -2.29. The molecular formula is C27H29N5O4. The molecule has 9 nitrogen and oxygen atoms in total. The van der Waals surface area contributed by atoms with Crippen LogP contribution in [0.2, 0.25) is 0 Å². The van der Waals surface area contributed by atoms with Gasteiger partial charge in [-0.3, -0.25) is 14.5 Å². The molecule has 4 aromatic rings. The van der Waals surface area contributed by atoms with Gasteiger partial charge in [0.1, 0.15) is 17.1 Å². The minimum absolute atomic E-state index is 0.174. The molecule has 0 fully saturated rings. The van der Waals surface area contributed by atoms with Crippen molar-refractivity contribution in [1.82, 2.24) is 24.4 Å². The van der Waals surface area contributed by atoms with Crippen molar-refractivity contribution in [2.45, 2.75) is 26.1 Å². The third kappa shape index (κ3) is 4.33. The number of fused-ring (bicyclic) bond motifs is 2. The lowest BCUT2D eigenvalue weighted by molar-refractivity contribution is 0.0952. The first-order chi connectivity index (χ1) is 17.5. The van der Waals surface area contributed by atoms with Crippen molar-refractivity contribution < 1.29 is 14.3 Å². The van der Waals surface area contributed by atoms with Crippen LogP contribution in [0.25, 0.3) is 5.65 Å². The zero-order valence-electron chi connectivity index (χ0n) is 20.7. The van der Waals surface area contributed by atoms with Gasteiger partial charge in [0.15, 0.2) is 5.65 Å². The van der Waals surface area contributed by atoms with Crippen molar-refractivity contribution in [3.63, 3.8) is 0 Å². The largest absolute Gasteiger partial charge is 0.497 e. The summed E-state index contributed by atoms with van der Waals surface area (Å²) in [5.74, 6) is 0.988. The van der Waals surface area contributed by atoms with Gasteiger partial charge in [-0.15, -0.1) is 0 Å². The van der Waals surface area contributed by atoms with Crippen molar-refractivity contribution in [3.05, 3.63) is 93.0 Å². The molecular weight excluding hydrogens is 458 g/mol. The van der Waals surface area contributed by atoms with Crippen LogP contribution in [0.4, 0.5) is 0 Å². The Morgan fingerprint density at radius 2 is 1.92 bits per heavy atom. The average Bonchev–Trinajstić information content (AvgIpc) is 3.37. The van der Waals surface area contributed by atoms with Gasteiger partial charge in [-0.1, -0.05) is 30.3 Å². The molecule has 5 rings (SSSR count). The normalized spacial score (nSPS) is 13.4. The summed E-state index contributed by atoms with van der Waals surface area (Å²) in [4.78, 5) is 28.8. The highest BCUT2D eigenvalue weighted by Gasteiger charge is 2.26. The number of benzene rings is 2. The first-order valence-corrected chi connectivity index (χ1v) is 11.8. The quantitative estimate of drug-likeness (QED) is 0.431. The monoisotopic (exact) mass is 487 g/mol. The Kier molecular flexibility index (Phi) is 6.47. The van der Waals surface area contributed by atoms with Crippen molar-refractivity contribution in [2.24, 2.45) is 7.05 Å². The molecule has 36 heavy (non-hydrogen) atoms. The molecule has 1 aliphatic rings. The van der Waals surface area contributed by atoms with Gasteiger partial charge >= 0.3 is 0 Å². The fourth-order valence-electron chi connectivity index (χ4n) is 4.84. The molecule has 0 saturated heterocycles. The highest BCUT2D eigenvalue weighted by atomic mass is 16.5. The van der Waals surface area contributed by atoms with Gasteiger partial charge in [0, 0.05) is 57.0 Å². The summed E-state index contributed by atoms with van der Waals surface area (Å²) < 4.78 is 13.9. The summed E-state index contributed by atoms with van der Waals surface area (Å²) in [5.41, 5.74) is 4.38. The number of carbonyl (C=O) groups is 1.